The Morgan fingerprint density at radius 3 is 0.908 bits per heavy atom. The third-order valence-electron chi connectivity index (χ3n) is 15.6. The van der Waals surface area contributed by atoms with Gasteiger partial charge in [0.25, 0.3) is 0 Å². The van der Waals surface area contributed by atoms with Crippen LogP contribution in [0.25, 0.3) is 0 Å². The highest BCUT2D eigenvalue weighted by Gasteiger charge is 2.09. The van der Waals surface area contributed by atoms with Crippen LogP contribution in [0.2, 0.25) is 0 Å². The maximum Gasteiger partial charge on any atom is 0.0848 e. The summed E-state index contributed by atoms with van der Waals surface area (Å²) in [6.45, 7) is 9.18. The van der Waals surface area contributed by atoms with Crippen LogP contribution in [0.4, 0.5) is 11.4 Å². The van der Waals surface area contributed by atoms with Crippen molar-refractivity contribution < 1.29 is 0 Å². The van der Waals surface area contributed by atoms with Gasteiger partial charge in [0, 0.05) is 24.0 Å². The highest BCUT2D eigenvalue weighted by Crippen LogP contribution is 2.21. The molecule has 0 aliphatic heterocycles. The van der Waals surface area contributed by atoms with E-state index in [1.54, 1.807) is 0 Å². The fraction of sp³-hybridized carbons (Fsp3) is 0.730. The van der Waals surface area contributed by atoms with Gasteiger partial charge in [-0.2, -0.15) is 0 Å². The lowest BCUT2D eigenvalue weighted by atomic mass is 10.0. The quantitative estimate of drug-likeness (QED) is 0.0358. The number of allylic oxidation sites excluding steroid dienone is 2. The van der Waals surface area contributed by atoms with Crippen molar-refractivity contribution in [3.8, 4) is 23.7 Å². The Balaban J connectivity index is 1.91. The smallest absolute Gasteiger partial charge is 0.0848 e. The lowest BCUT2D eigenvalue weighted by Crippen LogP contribution is -2.11. The molecular formula is C74H122N2. The zero-order valence-electron chi connectivity index (χ0n) is 51.0. The van der Waals surface area contributed by atoms with Crippen LogP contribution in [0.15, 0.2) is 70.7 Å². The first kappa shape index (κ1) is 68.7. The summed E-state index contributed by atoms with van der Waals surface area (Å²) in [5, 5.41) is 0. The average Bonchev–Trinajstić information content (AvgIpc) is 3.44. The first-order valence-electron chi connectivity index (χ1n) is 33.7. The molecule has 0 aliphatic carbocycles. The zero-order valence-corrected chi connectivity index (χ0v) is 51.0. The Bertz CT molecular complexity index is 1770. The third kappa shape index (κ3) is 43.6. The predicted molar refractivity (Wildman–Crippen MR) is 344 cm³/mol. The van der Waals surface area contributed by atoms with Crippen molar-refractivity contribution in [2.75, 3.05) is 0 Å². The fourth-order valence-corrected chi connectivity index (χ4v) is 10.5. The summed E-state index contributed by atoms with van der Waals surface area (Å²) < 4.78 is 0. The predicted octanol–water partition coefficient (Wildman–Crippen LogP) is 25.4. The van der Waals surface area contributed by atoms with Gasteiger partial charge in [0.2, 0.25) is 0 Å². The Morgan fingerprint density at radius 1 is 0.316 bits per heavy atom. The van der Waals surface area contributed by atoms with Crippen molar-refractivity contribution in [3.63, 3.8) is 0 Å². The third-order valence-corrected chi connectivity index (χ3v) is 15.6. The van der Waals surface area contributed by atoms with E-state index in [4.69, 9.17) is 9.98 Å². The molecule has 2 heteroatoms. The molecule has 0 saturated carbocycles. The number of unbranched alkanes of at least 4 members (excludes halogenated alkanes) is 45. The molecule has 2 nitrogen and oxygen atoms in total. The van der Waals surface area contributed by atoms with Crippen LogP contribution in [0.1, 0.15) is 360 Å². The van der Waals surface area contributed by atoms with E-state index < -0.39 is 0 Å². The molecule has 0 amide bonds. The lowest BCUT2D eigenvalue weighted by molar-refractivity contribution is 0.533. The van der Waals surface area contributed by atoms with Gasteiger partial charge in [0.15, 0.2) is 0 Å². The van der Waals surface area contributed by atoms with Gasteiger partial charge in [-0.15, -0.1) is 0 Å². The average molecular weight is 1040 g/mol. The number of aliphatic imine (C=N–C) groups is 2. The van der Waals surface area contributed by atoms with E-state index in [1.165, 1.54) is 283 Å². The van der Waals surface area contributed by atoms with Crippen LogP contribution >= 0.6 is 0 Å². The van der Waals surface area contributed by atoms with Gasteiger partial charge in [-0.05, 0) is 93.1 Å². The highest BCUT2D eigenvalue weighted by atomic mass is 14.8. The Labute approximate surface area is 474 Å². The zero-order chi connectivity index (χ0) is 54.1. The van der Waals surface area contributed by atoms with Crippen LogP contribution in [-0.2, 0) is 0 Å². The molecule has 0 aromatic heterocycles. The van der Waals surface area contributed by atoms with Gasteiger partial charge in [-0.3, -0.25) is 4.99 Å². The summed E-state index contributed by atoms with van der Waals surface area (Å²) in [6, 6.07) is 17.2. The van der Waals surface area contributed by atoms with Gasteiger partial charge in [-0.25, -0.2) is 4.99 Å². The van der Waals surface area contributed by atoms with E-state index in [0.29, 0.717) is 0 Å². The molecule has 2 aromatic carbocycles. The minimum absolute atomic E-state index is 0.905. The number of nitrogens with zero attached hydrogens (tertiary/aromatic N) is 2. The summed E-state index contributed by atoms with van der Waals surface area (Å²) >= 11 is 0. The minimum atomic E-state index is 0.905. The number of benzene rings is 2. The molecule has 0 heterocycles. The summed E-state index contributed by atoms with van der Waals surface area (Å²) in [5.74, 6) is 13.8. The largest absolute Gasteiger partial charge is 0.251 e. The first-order chi connectivity index (χ1) is 37.7. The summed E-state index contributed by atoms with van der Waals surface area (Å²) in [6.07, 6.45) is 72.1. The molecule has 0 atom stereocenters. The van der Waals surface area contributed by atoms with Gasteiger partial charge in [0.1, 0.15) is 0 Å². The standard InChI is InChI=1S/C74H122N2/c1-5-9-13-16-19-22-25-28-31-34-36-39-42-45-48-51-54-57-69-61-65-71(66-62-69)75-73(59-12-8-4)74(60-56-53-50-47-44-41-38-33-30-27-24-21-18-15-11-7-3)76-72-67-63-70(64-68-72)58-55-52-49-46-43-40-37-35-32-29-26-23-20-17-14-10-6-2/h56,60-68H,5-53,59H2,1-4H3. The number of hydrogen-bond donors (Lipinski definition) is 0. The van der Waals surface area contributed by atoms with E-state index in [0.717, 1.165) is 72.4 Å². The second kappa shape index (κ2) is 55.0. The van der Waals surface area contributed by atoms with Crippen molar-refractivity contribution in [3.05, 3.63) is 71.8 Å². The van der Waals surface area contributed by atoms with Crippen LogP contribution < -0.4 is 0 Å². The molecule has 0 aliphatic rings. The van der Waals surface area contributed by atoms with Gasteiger partial charge in [0.05, 0.1) is 22.8 Å². The second-order valence-electron chi connectivity index (χ2n) is 23.0. The van der Waals surface area contributed by atoms with E-state index in [-0.39, 0.29) is 0 Å². The SMILES string of the molecule is CCCCCCCCCCCCCCCCC=CC(=Nc1ccc(C#CCCCCCCCCCCCCCCCCC)cc1)C(CCCC)=Nc1ccc(C#CCCCCCCCCCCCCCCCCC)cc1. The van der Waals surface area contributed by atoms with Crippen LogP contribution in [0.3, 0.4) is 0 Å². The van der Waals surface area contributed by atoms with E-state index >= 15 is 0 Å². The van der Waals surface area contributed by atoms with E-state index in [9.17, 15) is 0 Å². The molecule has 2 rings (SSSR count). The van der Waals surface area contributed by atoms with Gasteiger partial charge < -0.3 is 0 Å². The monoisotopic (exact) mass is 1040 g/mol. The molecule has 2 aromatic rings. The molecule has 0 saturated heterocycles. The highest BCUT2D eigenvalue weighted by molar-refractivity contribution is 6.47. The molecular weight excluding hydrogens is 917 g/mol. The van der Waals surface area contributed by atoms with E-state index in [2.05, 4.69) is 112 Å². The van der Waals surface area contributed by atoms with Crippen molar-refractivity contribution >= 4 is 22.8 Å². The molecule has 76 heavy (non-hydrogen) atoms. The molecule has 0 unspecified atom stereocenters. The molecule has 0 spiro atoms. The molecule has 0 fully saturated rings. The Hall–Kier alpha value is -3.36. The lowest BCUT2D eigenvalue weighted by Gasteiger charge is -2.08. The summed E-state index contributed by atoms with van der Waals surface area (Å²) in [5.41, 5.74) is 6.15. The van der Waals surface area contributed by atoms with Crippen molar-refractivity contribution in [2.45, 2.75) is 349 Å². The topological polar surface area (TPSA) is 24.7 Å². The maximum absolute atomic E-state index is 5.30. The van der Waals surface area contributed by atoms with Crippen LogP contribution in [0, 0.1) is 23.7 Å². The van der Waals surface area contributed by atoms with Gasteiger partial charge >= 0.3 is 0 Å². The maximum atomic E-state index is 5.30. The first-order valence-corrected chi connectivity index (χ1v) is 33.7. The Morgan fingerprint density at radius 2 is 0.592 bits per heavy atom. The van der Waals surface area contributed by atoms with Crippen molar-refractivity contribution in [2.24, 2.45) is 9.98 Å². The van der Waals surface area contributed by atoms with Crippen LogP contribution in [-0.4, -0.2) is 11.4 Å². The van der Waals surface area contributed by atoms with Crippen molar-refractivity contribution in [1.82, 2.24) is 0 Å². The van der Waals surface area contributed by atoms with Crippen molar-refractivity contribution in [1.29, 1.82) is 0 Å². The fourth-order valence-electron chi connectivity index (χ4n) is 10.5. The normalized spacial score (nSPS) is 11.8. The summed E-state index contributed by atoms with van der Waals surface area (Å²) in [4.78, 5) is 10.6. The van der Waals surface area contributed by atoms with E-state index in [1.807, 2.05) is 0 Å². The molecule has 428 valence electrons. The molecule has 0 radical (unpaired) electrons. The summed E-state index contributed by atoms with van der Waals surface area (Å²) in [7, 11) is 0. The Kier molecular flexibility index (Phi) is 49.7. The second-order valence-corrected chi connectivity index (χ2v) is 23.0. The number of rotatable bonds is 52. The van der Waals surface area contributed by atoms with Crippen LogP contribution in [0.5, 0.6) is 0 Å². The minimum Gasteiger partial charge on any atom is -0.251 e. The van der Waals surface area contributed by atoms with Gasteiger partial charge in [-0.1, -0.05) is 327 Å². The number of hydrogen-bond acceptors (Lipinski definition) is 2. The molecule has 0 bridgehead atoms. The molecule has 0 N–H and O–H groups in total.